The minimum atomic E-state index is -2.69. The summed E-state index contributed by atoms with van der Waals surface area (Å²) in [7, 11) is 1.78. The number of nitrogens with one attached hydrogen (secondary N) is 1. The number of nitrogens with zero attached hydrogens (tertiary/aromatic N) is 5. The molecule has 7 nitrogen and oxygen atoms in total. The van der Waals surface area contributed by atoms with E-state index in [0.29, 0.717) is 5.69 Å². The van der Waals surface area contributed by atoms with Crippen molar-refractivity contribution in [2.24, 2.45) is 7.05 Å². The van der Waals surface area contributed by atoms with Gasteiger partial charge in [-0.25, -0.2) is 18.3 Å². The lowest BCUT2D eigenvalue weighted by atomic mass is 10.2. The summed E-state index contributed by atoms with van der Waals surface area (Å²) in [4.78, 5) is 16.7. The molecule has 1 amide bonds. The highest BCUT2D eigenvalue weighted by Gasteiger charge is 2.28. The molecule has 1 aliphatic carbocycles. The van der Waals surface area contributed by atoms with Crippen LogP contribution < -0.4 is 5.32 Å². The van der Waals surface area contributed by atoms with Crippen LogP contribution in [0, 0.1) is 0 Å². The van der Waals surface area contributed by atoms with Crippen LogP contribution in [0.3, 0.4) is 0 Å². The summed E-state index contributed by atoms with van der Waals surface area (Å²) in [6.45, 7) is 0.281. The minimum absolute atomic E-state index is 0.0613. The van der Waals surface area contributed by atoms with Gasteiger partial charge in [-0.2, -0.15) is 10.2 Å². The van der Waals surface area contributed by atoms with E-state index >= 15 is 0 Å². The summed E-state index contributed by atoms with van der Waals surface area (Å²) in [6, 6.07) is 2.83. The number of aryl methyl sites for hydroxylation is 1. The van der Waals surface area contributed by atoms with Gasteiger partial charge in [-0.15, -0.1) is 0 Å². The number of aromatic nitrogens is 5. The average molecular weight is 346 g/mol. The molecule has 1 saturated carbocycles. The molecule has 1 aliphatic rings. The standard InChI is InChI=1S/C16H16F2N6O/c1-23-8-9(7-20-23)6-19-16(25)12-5-14-21-11(10-2-3-10)4-13(15(17)18)24(14)22-12/h4-5,7-8,10,15H,2-3,6H2,1H3,(H,19,25). The Morgan fingerprint density at radius 3 is 2.84 bits per heavy atom. The van der Waals surface area contributed by atoms with Crippen molar-refractivity contribution in [1.29, 1.82) is 0 Å². The molecule has 25 heavy (non-hydrogen) atoms. The highest BCUT2D eigenvalue weighted by molar-refractivity contribution is 5.93. The highest BCUT2D eigenvalue weighted by atomic mass is 19.3. The Kier molecular flexibility index (Phi) is 3.70. The highest BCUT2D eigenvalue weighted by Crippen LogP contribution is 2.40. The molecule has 0 saturated heterocycles. The topological polar surface area (TPSA) is 77.1 Å². The van der Waals surface area contributed by atoms with Crippen molar-refractivity contribution in [2.75, 3.05) is 0 Å². The van der Waals surface area contributed by atoms with Crippen LogP contribution in [0.5, 0.6) is 0 Å². The number of fused-ring (bicyclic) bond motifs is 1. The average Bonchev–Trinajstić information content (AvgIpc) is 3.21. The molecular weight excluding hydrogens is 330 g/mol. The van der Waals surface area contributed by atoms with Crippen molar-refractivity contribution >= 4 is 11.6 Å². The van der Waals surface area contributed by atoms with E-state index in [4.69, 9.17) is 0 Å². The Balaban J connectivity index is 1.61. The second-order valence-corrected chi connectivity index (χ2v) is 6.19. The first kappa shape index (κ1) is 15.7. The predicted molar refractivity (Wildman–Crippen MR) is 84.3 cm³/mol. The Bertz CT molecular complexity index is 943. The number of amides is 1. The largest absolute Gasteiger partial charge is 0.346 e. The van der Waals surface area contributed by atoms with Gasteiger partial charge in [0.2, 0.25) is 0 Å². The van der Waals surface area contributed by atoms with Crippen LogP contribution >= 0.6 is 0 Å². The van der Waals surface area contributed by atoms with E-state index in [1.165, 1.54) is 12.1 Å². The van der Waals surface area contributed by atoms with Gasteiger partial charge in [-0.05, 0) is 18.9 Å². The lowest BCUT2D eigenvalue weighted by Crippen LogP contribution is -2.23. The van der Waals surface area contributed by atoms with Crippen molar-refractivity contribution in [3.05, 3.63) is 47.2 Å². The molecule has 1 fully saturated rings. The number of carbonyl (C=O) groups is 1. The molecule has 0 aliphatic heterocycles. The van der Waals surface area contributed by atoms with Gasteiger partial charge < -0.3 is 5.32 Å². The fourth-order valence-electron chi connectivity index (χ4n) is 2.71. The third-order valence-electron chi connectivity index (χ3n) is 4.14. The minimum Gasteiger partial charge on any atom is -0.346 e. The van der Waals surface area contributed by atoms with Crippen molar-refractivity contribution in [3.63, 3.8) is 0 Å². The van der Waals surface area contributed by atoms with Gasteiger partial charge in [0.25, 0.3) is 12.3 Å². The smallest absolute Gasteiger partial charge is 0.280 e. The van der Waals surface area contributed by atoms with E-state index in [1.54, 1.807) is 24.1 Å². The van der Waals surface area contributed by atoms with Crippen LogP contribution in [0.1, 0.15) is 52.6 Å². The summed E-state index contributed by atoms with van der Waals surface area (Å²) in [5.74, 6) is -0.206. The number of halogens is 2. The van der Waals surface area contributed by atoms with Crippen LogP contribution in [0.25, 0.3) is 5.65 Å². The van der Waals surface area contributed by atoms with Gasteiger partial charge in [0.1, 0.15) is 5.69 Å². The summed E-state index contributed by atoms with van der Waals surface area (Å²) in [5.41, 5.74) is 1.57. The molecular formula is C16H16F2N6O. The van der Waals surface area contributed by atoms with Crippen molar-refractivity contribution in [3.8, 4) is 0 Å². The maximum Gasteiger partial charge on any atom is 0.280 e. The summed E-state index contributed by atoms with van der Waals surface area (Å²) < 4.78 is 29.4. The zero-order chi connectivity index (χ0) is 17.6. The molecule has 3 aromatic rings. The van der Waals surface area contributed by atoms with E-state index in [1.807, 2.05) is 0 Å². The van der Waals surface area contributed by atoms with Gasteiger partial charge in [0.05, 0.1) is 6.20 Å². The van der Waals surface area contributed by atoms with Crippen LogP contribution in [0.15, 0.2) is 24.5 Å². The Labute approximate surface area is 141 Å². The first-order valence-corrected chi connectivity index (χ1v) is 7.96. The van der Waals surface area contributed by atoms with Gasteiger partial charge in [-0.3, -0.25) is 9.48 Å². The van der Waals surface area contributed by atoms with Crippen molar-refractivity contribution in [1.82, 2.24) is 29.7 Å². The van der Waals surface area contributed by atoms with Gasteiger partial charge >= 0.3 is 0 Å². The lowest BCUT2D eigenvalue weighted by Gasteiger charge is -2.06. The van der Waals surface area contributed by atoms with Crippen molar-refractivity contribution in [2.45, 2.75) is 31.7 Å². The summed E-state index contributed by atoms with van der Waals surface area (Å²) in [6.07, 6.45) is 2.65. The lowest BCUT2D eigenvalue weighted by molar-refractivity contribution is 0.0944. The first-order chi connectivity index (χ1) is 12.0. The normalized spacial score (nSPS) is 14.4. The maximum absolute atomic E-state index is 13.3. The zero-order valence-corrected chi connectivity index (χ0v) is 13.5. The number of carbonyl (C=O) groups excluding carboxylic acids is 1. The van der Waals surface area contributed by atoms with E-state index in [-0.39, 0.29) is 29.5 Å². The number of hydrogen-bond acceptors (Lipinski definition) is 4. The van der Waals surface area contributed by atoms with E-state index in [2.05, 4.69) is 20.5 Å². The number of hydrogen-bond donors (Lipinski definition) is 1. The third kappa shape index (κ3) is 3.09. The fourth-order valence-corrected chi connectivity index (χ4v) is 2.71. The van der Waals surface area contributed by atoms with Gasteiger partial charge in [0.15, 0.2) is 11.3 Å². The second-order valence-electron chi connectivity index (χ2n) is 6.19. The predicted octanol–water partition coefficient (Wildman–Crippen LogP) is 2.21. The molecule has 9 heteroatoms. The number of alkyl halides is 2. The summed E-state index contributed by atoms with van der Waals surface area (Å²) >= 11 is 0. The molecule has 130 valence electrons. The molecule has 4 rings (SSSR count). The molecule has 0 atom stereocenters. The van der Waals surface area contributed by atoms with E-state index in [9.17, 15) is 13.6 Å². The first-order valence-electron chi connectivity index (χ1n) is 7.96. The molecule has 3 aromatic heterocycles. The van der Waals surface area contributed by atoms with Crippen LogP contribution in [0.4, 0.5) is 8.78 Å². The molecule has 0 bridgehead atoms. The quantitative estimate of drug-likeness (QED) is 0.768. The van der Waals surface area contributed by atoms with Crippen molar-refractivity contribution < 1.29 is 13.6 Å². The Morgan fingerprint density at radius 1 is 1.40 bits per heavy atom. The Hall–Kier alpha value is -2.84. The van der Waals surface area contributed by atoms with Crippen LogP contribution in [0.2, 0.25) is 0 Å². The molecule has 1 N–H and O–H groups in total. The maximum atomic E-state index is 13.3. The van der Waals surface area contributed by atoms with Crippen LogP contribution in [-0.2, 0) is 13.6 Å². The third-order valence-corrected chi connectivity index (χ3v) is 4.14. The Morgan fingerprint density at radius 2 is 2.20 bits per heavy atom. The van der Waals surface area contributed by atoms with Gasteiger partial charge in [0, 0.05) is 43.0 Å². The zero-order valence-electron chi connectivity index (χ0n) is 13.5. The van der Waals surface area contributed by atoms with Gasteiger partial charge in [-0.1, -0.05) is 0 Å². The van der Waals surface area contributed by atoms with Crippen LogP contribution in [-0.4, -0.2) is 30.3 Å². The molecule has 0 radical (unpaired) electrons. The monoisotopic (exact) mass is 346 g/mol. The molecule has 0 spiro atoms. The fraction of sp³-hybridized carbons (Fsp3) is 0.375. The molecule has 3 heterocycles. The second kappa shape index (κ2) is 5.91. The van der Waals surface area contributed by atoms with E-state index in [0.717, 1.165) is 22.9 Å². The molecule has 0 aromatic carbocycles. The number of rotatable bonds is 5. The molecule has 0 unspecified atom stereocenters. The SMILES string of the molecule is Cn1cc(CNC(=O)c2cc3nc(C4CC4)cc(C(F)F)n3n2)cn1. The van der Waals surface area contributed by atoms with E-state index < -0.39 is 12.3 Å². The summed E-state index contributed by atoms with van der Waals surface area (Å²) in [5, 5.41) is 10.7.